The lowest BCUT2D eigenvalue weighted by molar-refractivity contribution is -0.117. The van der Waals surface area contributed by atoms with E-state index < -0.39 is 17.8 Å². The average Bonchev–Trinajstić information content (AvgIpc) is 3.28. The lowest BCUT2D eigenvalue weighted by atomic mass is 9.95. The van der Waals surface area contributed by atoms with Gasteiger partial charge >= 0.3 is 6.01 Å². The van der Waals surface area contributed by atoms with Gasteiger partial charge in [-0.05, 0) is 37.1 Å². The quantitative estimate of drug-likeness (QED) is 0.278. The van der Waals surface area contributed by atoms with Crippen molar-refractivity contribution in [2.75, 3.05) is 18.9 Å². The highest BCUT2D eigenvalue weighted by atomic mass is 35.5. The second-order valence-electron chi connectivity index (χ2n) is 8.31. The fraction of sp³-hybridized carbons (Fsp3) is 0.231. The fourth-order valence-corrected chi connectivity index (χ4v) is 4.30. The first-order valence-electron chi connectivity index (χ1n) is 11.7. The number of guanidine groups is 1. The Hall–Kier alpha value is -4.18. The van der Waals surface area contributed by atoms with Crippen LogP contribution in [0, 0.1) is 11.2 Å². The van der Waals surface area contributed by atoms with Crippen LogP contribution in [0.25, 0.3) is 11.1 Å². The molecule has 2 aromatic carbocycles. The van der Waals surface area contributed by atoms with Gasteiger partial charge in [0.05, 0.1) is 5.57 Å². The summed E-state index contributed by atoms with van der Waals surface area (Å²) in [6, 6.07) is 9.11. The first-order valence-corrected chi connectivity index (χ1v) is 12.0. The first kappa shape index (κ1) is 25.9. The number of anilines is 1. The van der Waals surface area contributed by atoms with Crippen LogP contribution in [0.5, 0.6) is 0 Å². The van der Waals surface area contributed by atoms with Gasteiger partial charge in [0, 0.05) is 47.9 Å². The third-order valence-electron chi connectivity index (χ3n) is 5.81. The second kappa shape index (κ2) is 11.3. The summed E-state index contributed by atoms with van der Waals surface area (Å²) in [5, 5.41) is 19.4. The van der Waals surface area contributed by atoms with Crippen molar-refractivity contribution in [3.63, 3.8) is 0 Å². The van der Waals surface area contributed by atoms with Crippen LogP contribution >= 0.6 is 11.6 Å². The molecule has 1 atom stereocenters. The van der Waals surface area contributed by atoms with Gasteiger partial charge in [0.15, 0.2) is 5.58 Å². The molecule has 3 aromatic rings. The van der Waals surface area contributed by atoms with Gasteiger partial charge in [0.1, 0.15) is 17.4 Å². The molecule has 4 rings (SSSR count). The number of fused-ring (bicyclic) bond motifs is 1. The molecule has 192 valence electrons. The van der Waals surface area contributed by atoms with E-state index in [2.05, 4.69) is 31.2 Å². The summed E-state index contributed by atoms with van der Waals surface area (Å²) in [6.07, 6.45) is 3.56. The van der Waals surface area contributed by atoms with Crippen molar-refractivity contribution >= 4 is 46.8 Å². The monoisotopic (exact) mass is 523 g/mol. The molecule has 11 heteroatoms. The highest BCUT2D eigenvalue weighted by molar-refractivity contribution is 6.31. The zero-order chi connectivity index (χ0) is 26.5. The normalized spacial score (nSPS) is 15.8. The molecule has 9 nitrogen and oxygen atoms in total. The van der Waals surface area contributed by atoms with E-state index in [0.29, 0.717) is 39.5 Å². The van der Waals surface area contributed by atoms with Gasteiger partial charge in [-0.15, -0.1) is 0 Å². The van der Waals surface area contributed by atoms with Crippen LogP contribution in [0.2, 0.25) is 5.02 Å². The summed E-state index contributed by atoms with van der Waals surface area (Å²) in [5.41, 5.74) is 4.27. The minimum absolute atomic E-state index is 0.126. The Morgan fingerprint density at radius 1 is 1.32 bits per heavy atom. The summed E-state index contributed by atoms with van der Waals surface area (Å²) in [6.45, 7) is 3.90. The van der Waals surface area contributed by atoms with E-state index >= 15 is 0 Å². The Bertz CT molecular complexity index is 1440. The maximum Gasteiger partial charge on any atom is 0.302 e. The van der Waals surface area contributed by atoms with E-state index in [-0.39, 0.29) is 17.6 Å². The second-order valence-corrected chi connectivity index (χ2v) is 8.71. The number of nitrogens with one attached hydrogen (secondary N) is 5. The van der Waals surface area contributed by atoms with E-state index in [9.17, 15) is 9.18 Å². The number of oxazole rings is 1. The number of halogens is 2. The highest BCUT2D eigenvalue weighted by Crippen LogP contribution is 2.35. The van der Waals surface area contributed by atoms with E-state index in [4.69, 9.17) is 21.4 Å². The van der Waals surface area contributed by atoms with Crippen molar-refractivity contribution in [2.45, 2.75) is 26.3 Å². The number of benzene rings is 2. The number of para-hydroxylation sites is 1. The number of allylic oxidation sites excluding steroid dienone is 1. The number of carbonyl (C=O) groups excluding carboxylic acids is 1. The standard InChI is InChI=1S/C26H27ClFN7O2/c1-4-16-6-5-7-20-23(16)37-26(33-20)35-25-32-14(2)21(24(36)31-13-15(11-29)12-30-3)22(34-25)18-9-8-17(28)10-19(18)27/h5-12,22,29-30H,4,13H2,1-3H3,(H,31,36)(H2,32,33,34,35)/b15-12+,29-11?. The number of aliphatic imine (C=N–C) groups is 1. The Balaban J connectivity index is 1.68. The summed E-state index contributed by atoms with van der Waals surface area (Å²) < 4.78 is 19.7. The molecule has 1 amide bonds. The van der Waals surface area contributed by atoms with Gasteiger partial charge in [-0.1, -0.05) is 36.7 Å². The molecule has 37 heavy (non-hydrogen) atoms. The molecule has 0 saturated heterocycles. The number of aryl methyl sites for hydroxylation is 1. The summed E-state index contributed by atoms with van der Waals surface area (Å²) in [4.78, 5) is 22.5. The average molecular weight is 524 g/mol. The molecule has 1 aliphatic heterocycles. The Morgan fingerprint density at radius 3 is 2.84 bits per heavy atom. The zero-order valence-electron chi connectivity index (χ0n) is 20.6. The lowest BCUT2D eigenvalue weighted by Crippen LogP contribution is -2.39. The van der Waals surface area contributed by atoms with Gasteiger partial charge in [0.2, 0.25) is 5.96 Å². The molecule has 0 fully saturated rings. The maximum atomic E-state index is 13.8. The van der Waals surface area contributed by atoms with Crippen molar-refractivity contribution in [1.29, 1.82) is 5.41 Å². The predicted octanol–water partition coefficient (Wildman–Crippen LogP) is 4.44. The van der Waals surface area contributed by atoms with Gasteiger partial charge in [-0.2, -0.15) is 4.98 Å². The first-order chi connectivity index (χ1) is 17.8. The maximum absolute atomic E-state index is 13.8. The van der Waals surface area contributed by atoms with Gasteiger partial charge in [-0.25, -0.2) is 9.38 Å². The molecular formula is C26H27ClFN7O2. The Kier molecular flexibility index (Phi) is 7.88. The van der Waals surface area contributed by atoms with Crippen LogP contribution in [0.1, 0.15) is 31.0 Å². The molecular weight excluding hydrogens is 497 g/mol. The van der Waals surface area contributed by atoms with Crippen molar-refractivity contribution in [2.24, 2.45) is 4.99 Å². The topological polar surface area (TPSA) is 127 Å². The van der Waals surface area contributed by atoms with Crippen molar-refractivity contribution in [3.8, 4) is 0 Å². The van der Waals surface area contributed by atoms with E-state index in [1.165, 1.54) is 18.2 Å². The third-order valence-corrected chi connectivity index (χ3v) is 6.14. The van der Waals surface area contributed by atoms with Crippen LogP contribution in [-0.4, -0.2) is 36.7 Å². The smallest absolute Gasteiger partial charge is 0.302 e. The number of nitrogens with zero attached hydrogens (tertiary/aromatic N) is 2. The molecule has 0 saturated carbocycles. The molecule has 1 unspecified atom stereocenters. The molecule has 5 N–H and O–H groups in total. The number of hydrogen-bond donors (Lipinski definition) is 5. The zero-order valence-corrected chi connectivity index (χ0v) is 21.3. The van der Waals surface area contributed by atoms with E-state index in [1.807, 2.05) is 25.1 Å². The van der Waals surface area contributed by atoms with Crippen LogP contribution in [0.3, 0.4) is 0 Å². The summed E-state index contributed by atoms with van der Waals surface area (Å²) in [5.74, 6) is -0.612. The number of amides is 1. The molecule has 1 aromatic heterocycles. The Labute approximate surface area is 218 Å². The largest absolute Gasteiger partial charge is 0.423 e. The molecule has 0 spiro atoms. The number of carbonyl (C=O) groups is 1. The minimum atomic E-state index is -0.843. The molecule has 1 aliphatic rings. The van der Waals surface area contributed by atoms with Crippen LogP contribution in [0.15, 0.2) is 68.9 Å². The molecule has 0 bridgehead atoms. The molecule has 0 radical (unpaired) electrons. The van der Waals surface area contributed by atoms with E-state index in [1.54, 1.807) is 20.2 Å². The minimum Gasteiger partial charge on any atom is -0.423 e. The van der Waals surface area contributed by atoms with Crippen LogP contribution in [0.4, 0.5) is 10.4 Å². The predicted molar refractivity (Wildman–Crippen MR) is 143 cm³/mol. The van der Waals surface area contributed by atoms with Gasteiger partial charge in [-0.3, -0.25) is 10.1 Å². The SMILES string of the molecule is CCc1cccc2nc(NC3=NC(c4ccc(F)cc4Cl)C(C(=O)NC/C(C=N)=C/NC)=C(C)N3)oc12. The number of aromatic nitrogens is 1. The third kappa shape index (κ3) is 5.64. The summed E-state index contributed by atoms with van der Waals surface area (Å²) >= 11 is 6.38. The summed E-state index contributed by atoms with van der Waals surface area (Å²) in [7, 11) is 1.71. The van der Waals surface area contributed by atoms with Crippen molar-refractivity contribution < 1.29 is 13.6 Å². The van der Waals surface area contributed by atoms with Gasteiger partial charge < -0.3 is 25.8 Å². The fourth-order valence-electron chi connectivity index (χ4n) is 4.03. The number of hydrogen-bond acceptors (Lipinski definition) is 8. The van der Waals surface area contributed by atoms with Crippen molar-refractivity contribution in [3.05, 3.63) is 81.4 Å². The van der Waals surface area contributed by atoms with Crippen molar-refractivity contribution in [1.82, 2.24) is 20.9 Å². The molecule has 0 aliphatic carbocycles. The number of rotatable bonds is 8. The van der Waals surface area contributed by atoms with E-state index in [0.717, 1.165) is 18.2 Å². The van der Waals surface area contributed by atoms with Crippen LogP contribution in [-0.2, 0) is 11.2 Å². The van der Waals surface area contributed by atoms with Gasteiger partial charge in [0.25, 0.3) is 5.91 Å². The lowest BCUT2D eigenvalue weighted by Gasteiger charge is -2.27. The Morgan fingerprint density at radius 2 is 2.14 bits per heavy atom. The van der Waals surface area contributed by atoms with Crippen LogP contribution < -0.4 is 21.3 Å². The molecule has 2 heterocycles. The highest BCUT2D eigenvalue weighted by Gasteiger charge is 2.31.